The number of amides is 2. The number of rotatable bonds is 6. The summed E-state index contributed by atoms with van der Waals surface area (Å²) in [6.07, 6.45) is 1.83. The Labute approximate surface area is 195 Å². The SMILES string of the molecule is CCN1C(=O)C(NC(=O)C(S)Cc2ccccc2)CCc2ccc(-c3ccccc3)cc21. The molecule has 4 rings (SSSR count). The predicted octanol–water partition coefficient (Wildman–Crippen LogP) is 4.68. The van der Waals surface area contributed by atoms with Crippen LogP contribution in [0.3, 0.4) is 0 Å². The molecule has 164 valence electrons. The van der Waals surface area contributed by atoms with Crippen LogP contribution in [0.25, 0.3) is 11.1 Å². The number of fused-ring (bicyclic) bond motifs is 1. The molecule has 0 spiro atoms. The van der Waals surface area contributed by atoms with Gasteiger partial charge in [-0.25, -0.2) is 0 Å². The van der Waals surface area contributed by atoms with Crippen LogP contribution < -0.4 is 10.2 Å². The second-order valence-corrected chi connectivity index (χ2v) is 8.72. The minimum absolute atomic E-state index is 0.0648. The minimum atomic E-state index is -0.555. The lowest BCUT2D eigenvalue weighted by atomic mass is 10.00. The summed E-state index contributed by atoms with van der Waals surface area (Å²) in [6.45, 7) is 2.52. The van der Waals surface area contributed by atoms with Crippen LogP contribution in [0.2, 0.25) is 0 Å². The molecule has 0 aliphatic carbocycles. The highest BCUT2D eigenvalue weighted by atomic mass is 32.1. The van der Waals surface area contributed by atoms with Crippen molar-refractivity contribution in [1.82, 2.24) is 5.32 Å². The van der Waals surface area contributed by atoms with Gasteiger partial charge in [-0.05, 0) is 54.5 Å². The van der Waals surface area contributed by atoms with Crippen LogP contribution in [0.1, 0.15) is 24.5 Å². The van der Waals surface area contributed by atoms with E-state index < -0.39 is 11.3 Å². The fraction of sp³-hybridized carbons (Fsp3) is 0.259. The molecule has 3 aromatic carbocycles. The Kier molecular flexibility index (Phi) is 6.96. The van der Waals surface area contributed by atoms with Gasteiger partial charge in [-0.3, -0.25) is 9.59 Å². The van der Waals surface area contributed by atoms with E-state index in [2.05, 4.69) is 48.3 Å². The summed E-state index contributed by atoms with van der Waals surface area (Å²) in [6, 6.07) is 25.7. The van der Waals surface area contributed by atoms with Crippen molar-refractivity contribution < 1.29 is 9.59 Å². The van der Waals surface area contributed by atoms with Crippen LogP contribution in [0.15, 0.2) is 78.9 Å². The first-order chi connectivity index (χ1) is 15.6. The first-order valence-electron chi connectivity index (χ1n) is 11.1. The Morgan fingerprint density at radius 1 is 1.03 bits per heavy atom. The van der Waals surface area contributed by atoms with E-state index in [-0.39, 0.29) is 11.8 Å². The first-order valence-corrected chi connectivity index (χ1v) is 11.6. The second kappa shape index (κ2) is 10.0. The van der Waals surface area contributed by atoms with Crippen molar-refractivity contribution in [3.8, 4) is 11.1 Å². The zero-order valence-electron chi connectivity index (χ0n) is 18.2. The minimum Gasteiger partial charge on any atom is -0.343 e. The maximum Gasteiger partial charge on any atom is 0.249 e. The monoisotopic (exact) mass is 444 g/mol. The van der Waals surface area contributed by atoms with Gasteiger partial charge in [-0.2, -0.15) is 12.6 Å². The second-order valence-electron chi connectivity index (χ2n) is 8.10. The Balaban J connectivity index is 1.51. The van der Waals surface area contributed by atoms with Gasteiger partial charge in [0.05, 0.1) is 5.25 Å². The van der Waals surface area contributed by atoms with Crippen molar-refractivity contribution in [1.29, 1.82) is 0 Å². The molecule has 2 unspecified atom stereocenters. The first kappa shape index (κ1) is 22.2. The highest BCUT2D eigenvalue weighted by molar-refractivity contribution is 7.81. The van der Waals surface area contributed by atoms with E-state index in [0.717, 1.165) is 34.4 Å². The molecule has 5 heteroatoms. The summed E-state index contributed by atoms with van der Waals surface area (Å²) in [5.41, 5.74) is 5.31. The molecule has 0 fully saturated rings. The number of hydrogen-bond donors (Lipinski definition) is 2. The molecule has 32 heavy (non-hydrogen) atoms. The summed E-state index contributed by atoms with van der Waals surface area (Å²) in [5.74, 6) is -0.271. The average Bonchev–Trinajstić information content (AvgIpc) is 2.96. The molecule has 1 aliphatic heterocycles. The van der Waals surface area contributed by atoms with Crippen molar-refractivity contribution in [2.45, 2.75) is 37.5 Å². The van der Waals surface area contributed by atoms with E-state index in [1.165, 1.54) is 0 Å². The molecule has 2 amide bonds. The lowest BCUT2D eigenvalue weighted by molar-refractivity contribution is -0.127. The van der Waals surface area contributed by atoms with Crippen LogP contribution in [0.5, 0.6) is 0 Å². The summed E-state index contributed by atoms with van der Waals surface area (Å²) in [4.78, 5) is 28.0. The van der Waals surface area contributed by atoms with Crippen LogP contribution in [-0.2, 0) is 22.4 Å². The van der Waals surface area contributed by atoms with Crippen molar-refractivity contribution in [3.05, 3.63) is 90.0 Å². The molecule has 2 atom stereocenters. The van der Waals surface area contributed by atoms with Gasteiger partial charge in [0.25, 0.3) is 0 Å². The lowest BCUT2D eigenvalue weighted by Gasteiger charge is -2.26. The third kappa shape index (κ3) is 4.89. The van der Waals surface area contributed by atoms with E-state index in [1.54, 1.807) is 4.90 Å². The van der Waals surface area contributed by atoms with Gasteiger partial charge >= 0.3 is 0 Å². The van der Waals surface area contributed by atoms with Crippen LogP contribution >= 0.6 is 12.6 Å². The average molecular weight is 445 g/mol. The van der Waals surface area contributed by atoms with E-state index in [0.29, 0.717) is 19.4 Å². The van der Waals surface area contributed by atoms with E-state index in [9.17, 15) is 9.59 Å². The van der Waals surface area contributed by atoms with Gasteiger partial charge in [0.2, 0.25) is 11.8 Å². The standard InChI is InChI=1S/C27H28N2O2S/c1-2-29-24-18-22(20-11-7-4-8-12-20)14-13-21(24)15-16-23(27(29)31)28-26(30)25(32)17-19-9-5-3-6-10-19/h3-14,18,23,25,32H,2,15-17H2,1H3,(H,28,30). The quantitative estimate of drug-likeness (QED) is 0.543. The molecule has 4 nitrogen and oxygen atoms in total. The molecule has 0 radical (unpaired) electrons. The molecule has 0 saturated heterocycles. The predicted molar refractivity (Wildman–Crippen MR) is 133 cm³/mol. The molecular formula is C27H28N2O2S. The number of carbonyl (C=O) groups is 2. The van der Waals surface area contributed by atoms with Crippen LogP contribution in [0.4, 0.5) is 5.69 Å². The number of nitrogens with zero attached hydrogens (tertiary/aromatic N) is 1. The fourth-order valence-corrected chi connectivity index (χ4v) is 4.51. The van der Waals surface area contributed by atoms with E-state index in [1.807, 2.05) is 55.5 Å². The number of carbonyl (C=O) groups excluding carboxylic acids is 2. The molecule has 0 aromatic heterocycles. The maximum absolute atomic E-state index is 13.4. The zero-order valence-corrected chi connectivity index (χ0v) is 19.1. The van der Waals surface area contributed by atoms with Gasteiger partial charge in [0.15, 0.2) is 0 Å². The van der Waals surface area contributed by atoms with Crippen LogP contribution in [-0.4, -0.2) is 29.7 Å². The number of anilines is 1. The number of likely N-dealkylation sites (N-methyl/N-ethyl adjacent to an activating group) is 1. The number of benzene rings is 3. The molecule has 0 bridgehead atoms. The van der Waals surface area contributed by atoms with E-state index in [4.69, 9.17) is 0 Å². The van der Waals surface area contributed by atoms with Crippen molar-refractivity contribution >= 4 is 30.1 Å². The third-order valence-electron chi connectivity index (χ3n) is 5.96. The molecular weight excluding hydrogens is 416 g/mol. The summed E-state index contributed by atoms with van der Waals surface area (Å²) < 4.78 is 0. The smallest absolute Gasteiger partial charge is 0.249 e. The molecule has 3 aromatic rings. The van der Waals surface area contributed by atoms with Gasteiger partial charge in [0, 0.05) is 12.2 Å². The zero-order chi connectivity index (χ0) is 22.5. The largest absolute Gasteiger partial charge is 0.343 e. The maximum atomic E-state index is 13.4. The number of aryl methyl sites for hydroxylation is 1. The van der Waals surface area contributed by atoms with Gasteiger partial charge in [0.1, 0.15) is 6.04 Å². The number of hydrogen-bond acceptors (Lipinski definition) is 3. The lowest BCUT2D eigenvalue weighted by Crippen LogP contribution is -2.50. The topological polar surface area (TPSA) is 49.4 Å². The fourth-order valence-electron chi connectivity index (χ4n) is 4.22. The summed E-state index contributed by atoms with van der Waals surface area (Å²) in [7, 11) is 0. The Morgan fingerprint density at radius 2 is 1.72 bits per heavy atom. The van der Waals surface area contributed by atoms with E-state index >= 15 is 0 Å². The number of thiol groups is 1. The molecule has 1 heterocycles. The Bertz CT molecular complexity index is 1090. The van der Waals surface area contributed by atoms with Gasteiger partial charge in [-0.1, -0.05) is 72.8 Å². The van der Waals surface area contributed by atoms with Crippen LogP contribution in [0, 0.1) is 0 Å². The Hall–Kier alpha value is -3.05. The number of nitrogens with one attached hydrogen (secondary N) is 1. The van der Waals surface area contributed by atoms with Crippen molar-refractivity contribution in [2.75, 3.05) is 11.4 Å². The molecule has 0 saturated carbocycles. The molecule has 1 aliphatic rings. The van der Waals surface area contributed by atoms with Gasteiger partial charge in [-0.15, -0.1) is 0 Å². The van der Waals surface area contributed by atoms with Crippen molar-refractivity contribution in [2.24, 2.45) is 0 Å². The summed E-state index contributed by atoms with van der Waals surface area (Å²) >= 11 is 4.50. The van der Waals surface area contributed by atoms with Crippen molar-refractivity contribution in [3.63, 3.8) is 0 Å². The highest BCUT2D eigenvalue weighted by Gasteiger charge is 2.31. The third-order valence-corrected chi connectivity index (χ3v) is 6.37. The Morgan fingerprint density at radius 3 is 2.41 bits per heavy atom. The highest BCUT2D eigenvalue weighted by Crippen LogP contribution is 2.32. The normalized spacial score (nSPS) is 16.8. The molecule has 1 N–H and O–H groups in total. The summed E-state index contributed by atoms with van der Waals surface area (Å²) in [5, 5.41) is 2.46. The van der Waals surface area contributed by atoms with Gasteiger partial charge < -0.3 is 10.2 Å².